The summed E-state index contributed by atoms with van der Waals surface area (Å²) >= 11 is 1.42. The van der Waals surface area contributed by atoms with Crippen LogP contribution >= 0.6 is 11.3 Å². The molecule has 9 nitrogen and oxygen atoms in total. The molecule has 2 aromatic heterocycles. The standard InChI is InChI=1S/C17H16N6O3S/c1-9-3-4-11(15-21-23-10(2)19-20-17(23)27-15)7-12(9)18-13-8-14(25)22(5-6-24)16(13)26/h3-4,7-8,18,24H,5-6H2,1-2H3. The van der Waals surface area contributed by atoms with Gasteiger partial charge in [-0.3, -0.25) is 14.5 Å². The summed E-state index contributed by atoms with van der Waals surface area (Å²) in [5.41, 5.74) is 2.67. The number of nitrogens with zero attached hydrogens (tertiary/aromatic N) is 5. The van der Waals surface area contributed by atoms with Gasteiger partial charge >= 0.3 is 0 Å². The first kappa shape index (κ1) is 17.3. The molecule has 0 atom stereocenters. The van der Waals surface area contributed by atoms with Gasteiger partial charge in [0.05, 0.1) is 13.2 Å². The molecule has 0 spiro atoms. The molecule has 0 saturated heterocycles. The third kappa shape index (κ3) is 2.98. The van der Waals surface area contributed by atoms with Crippen LogP contribution in [-0.2, 0) is 9.59 Å². The maximum atomic E-state index is 12.3. The zero-order valence-corrected chi connectivity index (χ0v) is 15.4. The lowest BCUT2D eigenvalue weighted by Crippen LogP contribution is -2.34. The van der Waals surface area contributed by atoms with E-state index in [1.165, 1.54) is 17.4 Å². The average Bonchev–Trinajstić information content (AvgIpc) is 3.29. The Labute approximate surface area is 157 Å². The lowest BCUT2D eigenvalue weighted by Gasteiger charge is -2.14. The summed E-state index contributed by atoms with van der Waals surface area (Å²) in [6, 6.07) is 5.74. The molecule has 4 rings (SSSR count). The highest BCUT2D eigenvalue weighted by Crippen LogP contribution is 2.30. The first-order valence-corrected chi connectivity index (χ1v) is 9.05. The third-order valence-electron chi connectivity index (χ3n) is 4.23. The van der Waals surface area contributed by atoms with Crippen molar-refractivity contribution in [1.82, 2.24) is 24.7 Å². The van der Waals surface area contributed by atoms with Crippen LogP contribution in [0.2, 0.25) is 0 Å². The zero-order valence-electron chi connectivity index (χ0n) is 14.6. The van der Waals surface area contributed by atoms with Gasteiger partial charge in [-0.05, 0) is 25.5 Å². The maximum Gasteiger partial charge on any atom is 0.277 e. The number of fused-ring (bicyclic) bond motifs is 1. The number of hydrogen-bond acceptors (Lipinski definition) is 8. The first-order valence-electron chi connectivity index (χ1n) is 8.23. The van der Waals surface area contributed by atoms with E-state index in [4.69, 9.17) is 5.11 Å². The molecule has 2 amide bonds. The molecule has 0 radical (unpaired) electrons. The van der Waals surface area contributed by atoms with Crippen molar-refractivity contribution in [3.05, 3.63) is 41.4 Å². The summed E-state index contributed by atoms with van der Waals surface area (Å²) < 4.78 is 1.68. The predicted octanol–water partition coefficient (Wildman–Crippen LogP) is 1.13. The van der Waals surface area contributed by atoms with E-state index < -0.39 is 11.8 Å². The van der Waals surface area contributed by atoms with E-state index in [-0.39, 0.29) is 18.8 Å². The van der Waals surface area contributed by atoms with E-state index in [9.17, 15) is 9.59 Å². The zero-order chi connectivity index (χ0) is 19.1. The highest BCUT2D eigenvalue weighted by atomic mass is 32.1. The first-order chi connectivity index (χ1) is 13.0. The largest absolute Gasteiger partial charge is 0.395 e. The summed E-state index contributed by atoms with van der Waals surface area (Å²) in [7, 11) is 0. The molecule has 138 valence electrons. The molecular weight excluding hydrogens is 368 g/mol. The van der Waals surface area contributed by atoms with Gasteiger partial charge in [0.15, 0.2) is 5.82 Å². The van der Waals surface area contributed by atoms with Crippen LogP contribution < -0.4 is 5.32 Å². The number of anilines is 1. The molecule has 27 heavy (non-hydrogen) atoms. The fourth-order valence-corrected chi connectivity index (χ4v) is 3.66. The van der Waals surface area contributed by atoms with Gasteiger partial charge in [0, 0.05) is 17.3 Å². The van der Waals surface area contributed by atoms with E-state index in [1.807, 2.05) is 32.0 Å². The number of carbonyl (C=O) groups is 2. The van der Waals surface area contributed by atoms with Crippen molar-refractivity contribution in [1.29, 1.82) is 0 Å². The Morgan fingerprint density at radius 1 is 1.22 bits per heavy atom. The molecule has 0 saturated carbocycles. The van der Waals surface area contributed by atoms with Crippen LogP contribution in [0, 0.1) is 13.8 Å². The number of imide groups is 1. The van der Waals surface area contributed by atoms with Crippen molar-refractivity contribution in [3.8, 4) is 10.6 Å². The fraction of sp³-hybridized carbons (Fsp3) is 0.235. The van der Waals surface area contributed by atoms with E-state index >= 15 is 0 Å². The minimum absolute atomic E-state index is 0.0231. The van der Waals surface area contributed by atoms with Crippen LogP contribution in [0.4, 0.5) is 5.69 Å². The topological polar surface area (TPSA) is 113 Å². The number of aryl methyl sites for hydroxylation is 2. The maximum absolute atomic E-state index is 12.3. The van der Waals surface area contributed by atoms with Crippen molar-refractivity contribution in [2.24, 2.45) is 0 Å². The molecule has 1 aliphatic rings. The molecule has 0 bridgehead atoms. The minimum Gasteiger partial charge on any atom is -0.395 e. The second-order valence-electron chi connectivity index (χ2n) is 6.08. The van der Waals surface area contributed by atoms with Crippen molar-refractivity contribution in [2.45, 2.75) is 13.8 Å². The number of β-amino-alcohol motifs (C(OH)–C–C–N with tert-alkyl or cyclic N) is 1. The quantitative estimate of drug-likeness (QED) is 0.634. The van der Waals surface area contributed by atoms with E-state index in [0.29, 0.717) is 16.5 Å². The highest BCUT2D eigenvalue weighted by molar-refractivity contribution is 7.19. The van der Waals surface area contributed by atoms with E-state index in [1.54, 1.807) is 4.52 Å². The molecule has 1 aromatic carbocycles. The fourth-order valence-electron chi connectivity index (χ4n) is 2.78. The summed E-state index contributed by atoms with van der Waals surface area (Å²) in [4.78, 5) is 25.9. The van der Waals surface area contributed by atoms with Crippen molar-refractivity contribution in [2.75, 3.05) is 18.5 Å². The number of benzene rings is 1. The molecule has 3 heterocycles. The van der Waals surface area contributed by atoms with Gasteiger partial charge in [0.1, 0.15) is 10.7 Å². The number of nitrogens with one attached hydrogen (secondary N) is 1. The van der Waals surface area contributed by atoms with Gasteiger partial charge in [-0.2, -0.15) is 9.61 Å². The van der Waals surface area contributed by atoms with Crippen LogP contribution in [0.15, 0.2) is 30.0 Å². The Morgan fingerprint density at radius 3 is 2.78 bits per heavy atom. The predicted molar refractivity (Wildman–Crippen MR) is 99.1 cm³/mol. The number of amides is 2. The van der Waals surface area contributed by atoms with E-state index in [0.717, 1.165) is 21.0 Å². The van der Waals surface area contributed by atoms with Gasteiger partial charge in [-0.15, -0.1) is 10.2 Å². The normalized spacial score (nSPS) is 14.3. The SMILES string of the molecule is Cc1ccc(-c2nn3c(C)nnc3s2)cc1NC1=CC(=O)N(CCO)C1=O. The summed E-state index contributed by atoms with van der Waals surface area (Å²) in [6.45, 7) is 3.44. The van der Waals surface area contributed by atoms with Crippen LogP contribution in [0.5, 0.6) is 0 Å². The monoisotopic (exact) mass is 384 g/mol. The Hall–Kier alpha value is -3.11. The number of aliphatic hydroxyl groups excluding tert-OH is 1. The van der Waals surface area contributed by atoms with Crippen molar-refractivity contribution < 1.29 is 14.7 Å². The number of carbonyl (C=O) groups excluding carboxylic acids is 2. The smallest absolute Gasteiger partial charge is 0.277 e. The second kappa shape index (κ2) is 6.56. The molecule has 0 unspecified atom stereocenters. The third-order valence-corrected chi connectivity index (χ3v) is 5.18. The Kier molecular flexibility index (Phi) is 4.21. The van der Waals surface area contributed by atoms with Crippen LogP contribution in [0.25, 0.3) is 15.5 Å². The lowest BCUT2D eigenvalue weighted by atomic mass is 10.1. The van der Waals surface area contributed by atoms with E-state index in [2.05, 4.69) is 20.6 Å². The number of aliphatic hydroxyl groups is 1. The average molecular weight is 384 g/mol. The van der Waals surface area contributed by atoms with Gasteiger partial charge in [0.2, 0.25) is 4.96 Å². The molecular formula is C17H16N6O3S. The minimum atomic E-state index is -0.451. The second-order valence-corrected chi connectivity index (χ2v) is 7.04. The van der Waals surface area contributed by atoms with Gasteiger partial charge < -0.3 is 10.4 Å². The Bertz CT molecular complexity index is 1100. The Morgan fingerprint density at radius 2 is 2.04 bits per heavy atom. The van der Waals surface area contributed by atoms with Crippen LogP contribution in [-0.4, -0.2) is 54.8 Å². The Balaban J connectivity index is 1.64. The van der Waals surface area contributed by atoms with Gasteiger partial charge in [-0.1, -0.05) is 23.5 Å². The van der Waals surface area contributed by atoms with Gasteiger partial charge in [-0.25, -0.2) is 0 Å². The summed E-state index contributed by atoms with van der Waals surface area (Å²) in [5, 5.41) is 25.4. The molecule has 2 N–H and O–H groups in total. The van der Waals surface area contributed by atoms with Crippen LogP contribution in [0.1, 0.15) is 11.4 Å². The lowest BCUT2D eigenvalue weighted by molar-refractivity contribution is -0.137. The number of hydrogen-bond donors (Lipinski definition) is 2. The summed E-state index contributed by atoms with van der Waals surface area (Å²) in [5.74, 6) is -0.176. The van der Waals surface area contributed by atoms with Crippen molar-refractivity contribution in [3.63, 3.8) is 0 Å². The van der Waals surface area contributed by atoms with Gasteiger partial charge in [0.25, 0.3) is 11.8 Å². The molecule has 1 aliphatic heterocycles. The number of aromatic nitrogens is 4. The molecule has 3 aromatic rings. The van der Waals surface area contributed by atoms with Crippen LogP contribution in [0.3, 0.4) is 0 Å². The van der Waals surface area contributed by atoms with Crippen molar-refractivity contribution >= 4 is 33.8 Å². The summed E-state index contributed by atoms with van der Waals surface area (Å²) in [6.07, 6.45) is 1.25. The molecule has 10 heteroatoms. The molecule has 0 fully saturated rings. The number of rotatable bonds is 5. The highest BCUT2D eigenvalue weighted by Gasteiger charge is 2.30. The molecule has 0 aliphatic carbocycles.